The van der Waals surface area contributed by atoms with Gasteiger partial charge in [-0.1, -0.05) is 38.1 Å². The number of hydrogen-bond acceptors (Lipinski definition) is 2. The Morgan fingerprint density at radius 1 is 1.27 bits per heavy atom. The van der Waals surface area contributed by atoms with Crippen LogP contribution in [0.4, 0.5) is 0 Å². The topological polar surface area (TPSA) is 29.1 Å². The highest BCUT2D eigenvalue weighted by Crippen LogP contribution is 2.09. The number of rotatable bonds is 5. The second-order valence-electron chi connectivity index (χ2n) is 4.18. The van der Waals surface area contributed by atoms with Crippen molar-refractivity contribution in [2.24, 2.45) is 0 Å². The third kappa shape index (κ3) is 4.26. The Bertz CT molecular complexity index is 331. The van der Waals surface area contributed by atoms with Gasteiger partial charge in [0.25, 0.3) is 0 Å². The molecule has 0 aromatic heterocycles. The van der Waals surface area contributed by atoms with Gasteiger partial charge in [-0.2, -0.15) is 0 Å². The molecule has 15 heavy (non-hydrogen) atoms. The zero-order valence-electron chi connectivity index (χ0n) is 9.71. The van der Waals surface area contributed by atoms with Crippen LogP contribution >= 0.6 is 0 Å². The largest absolute Gasteiger partial charge is 0.310 e. The van der Waals surface area contributed by atoms with Gasteiger partial charge in [0.1, 0.15) is 5.78 Å². The lowest BCUT2D eigenvalue weighted by Crippen LogP contribution is -2.22. The summed E-state index contributed by atoms with van der Waals surface area (Å²) in [7, 11) is 0. The van der Waals surface area contributed by atoms with Gasteiger partial charge < -0.3 is 5.32 Å². The van der Waals surface area contributed by atoms with Gasteiger partial charge in [0.05, 0.1) is 0 Å². The van der Waals surface area contributed by atoms with E-state index in [1.54, 1.807) is 6.92 Å². The summed E-state index contributed by atoms with van der Waals surface area (Å²) >= 11 is 0. The van der Waals surface area contributed by atoms with Crippen LogP contribution in [-0.2, 0) is 17.8 Å². The first-order valence-corrected chi connectivity index (χ1v) is 5.39. The summed E-state index contributed by atoms with van der Waals surface area (Å²) in [5, 5.41) is 3.36. The predicted molar refractivity (Wildman–Crippen MR) is 62.8 cm³/mol. The predicted octanol–water partition coefficient (Wildman–Crippen LogP) is 2.32. The molecule has 0 atom stereocenters. The molecule has 0 bridgehead atoms. The van der Waals surface area contributed by atoms with E-state index in [0.29, 0.717) is 12.5 Å². The lowest BCUT2D eigenvalue weighted by atomic mass is 10.0. The summed E-state index contributed by atoms with van der Waals surface area (Å²) in [6, 6.07) is 8.57. The van der Waals surface area contributed by atoms with Crippen molar-refractivity contribution in [3.05, 3.63) is 35.4 Å². The minimum absolute atomic E-state index is 0.215. The normalized spacial score (nSPS) is 10.7. The smallest absolute Gasteiger partial charge is 0.134 e. The maximum atomic E-state index is 11.1. The number of Topliss-reactive ketones (excluding diaryl/α,β-unsaturated/α-hetero) is 1. The van der Waals surface area contributed by atoms with Crippen LogP contribution in [0.5, 0.6) is 0 Å². The van der Waals surface area contributed by atoms with Gasteiger partial charge in [-0.3, -0.25) is 4.79 Å². The van der Waals surface area contributed by atoms with Crippen molar-refractivity contribution < 1.29 is 4.79 Å². The van der Waals surface area contributed by atoms with Crippen molar-refractivity contribution in [3.8, 4) is 0 Å². The molecule has 0 heterocycles. The lowest BCUT2D eigenvalue weighted by molar-refractivity contribution is -0.116. The van der Waals surface area contributed by atoms with E-state index in [2.05, 4.69) is 25.2 Å². The molecule has 1 N–H and O–H groups in total. The highest BCUT2D eigenvalue weighted by atomic mass is 16.1. The second kappa shape index (κ2) is 5.66. The van der Waals surface area contributed by atoms with Crippen molar-refractivity contribution in [2.45, 2.75) is 39.8 Å². The van der Waals surface area contributed by atoms with Crippen LogP contribution in [0.2, 0.25) is 0 Å². The van der Waals surface area contributed by atoms with Crippen LogP contribution in [0.3, 0.4) is 0 Å². The van der Waals surface area contributed by atoms with E-state index in [4.69, 9.17) is 0 Å². The molecule has 0 aliphatic rings. The molecule has 0 fully saturated rings. The van der Waals surface area contributed by atoms with Crippen molar-refractivity contribution in [1.82, 2.24) is 5.32 Å². The van der Waals surface area contributed by atoms with Gasteiger partial charge in [-0.05, 0) is 18.1 Å². The second-order valence-corrected chi connectivity index (χ2v) is 4.18. The molecule has 1 aromatic carbocycles. The molecule has 0 spiro atoms. The third-order valence-corrected chi connectivity index (χ3v) is 2.26. The molecule has 1 rings (SSSR count). The SMILES string of the molecule is CC(=O)Cc1ccccc1CNC(C)C. The van der Waals surface area contributed by atoms with Gasteiger partial charge in [0.2, 0.25) is 0 Å². The van der Waals surface area contributed by atoms with Crippen molar-refractivity contribution in [3.63, 3.8) is 0 Å². The fraction of sp³-hybridized carbons (Fsp3) is 0.462. The summed E-state index contributed by atoms with van der Waals surface area (Å²) in [5.74, 6) is 0.215. The number of ketones is 1. The summed E-state index contributed by atoms with van der Waals surface area (Å²) in [4.78, 5) is 11.1. The summed E-state index contributed by atoms with van der Waals surface area (Å²) in [6.45, 7) is 6.70. The molecule has 0 aliphatic heterocycles. The fourth-order valence-electron chi connectivity index (χ4n) is 1.48. The van der Waals surface area contributed by atoms with E-state index in [1.807, 2.05) is 18.2 Å². The number of carbonyl (C=O) groups excluding carboxylic acids is 1. The molecule has 0 aliphatic carbocycles. The number of carbonyl (C=O) groups is 1. The Morgan fingerprint density at radius 3 is 2.40 bits per heavy atom. The van der Waals surface area contributed by atoms with E-state index < -0.39 is 0 Å². The molecule has 82 valence electrons. The van der Waals surface area contributed by atoms with Crippen LogP contribution in [0.1, 0.15) is 31.9 Å². The molecule has 0 unspecified atom stereocenters. The minimum Gasteiger partial charge on any atom is -0.310 e. The Kier molecular flexibility index (Phi) is 4.50. The van der Waals surface area contributed by atoms with Crippen LogP contribution in [0.25, 0.3) is 0 Å². The first kappa shape index (κ1) is 11.9. The quantitative estimate of drug-likeness (QED) is 0.799. The van der Waals surface area contributed by atoms with Crippen LogP contribution in [0, 0.1) is 0 Å². The van der Waals surface area contributed by atoms with Gasteiger partial charge >= 0.3 is 0 Å². The van der Waals surface area contributed by atoms with Crippen molar-refractivity contribution >= 4 is 5.78 Å². The Morgan fingerprint density at radius 2 is 1.87 bits per heavy atom. The number of hydrogen-bond donors (Lipinski definition) is 1. The average molecular weight is 205 g/mol. The molecule has 1 aromatic rings. The Labute approximate surface area is 91.7 Å². The summed E-state index contributed by atoms with van der Waals surface area (Å²) < 4.78 is 0. The van der Waals surface area contributed by atoms with E-state index >= 15 is 0 Å². The first-order valence-electron chi connectivity index (χ1n) is 5.39. The molecule has 2 nitrogen and oxygen atoms in total. The maximum absolute atomic E-state index is 11.1. The Balaban J connectivity index is 2.72. The van der Waals surface area contributed by atoms with Gasteiger partial charge in [0, 0.05) is 19.0 Å². The molecular weight excluding hydrogens is 186 g/mol. The van der Waals surface area contributed by atoms with Crippen molar-refractivity contribution in [2.75, 3.05) is 0 Å². The van der Waals surface area contributed by atoms with Crippen LogP contribution in [0.15, 0.2) is 24.3 Å². The molecule has 0 saturated carbocycles. The first-order chi connectivity index (χ1) is 7.09. The number of benzene rings is 1. The minimum atomic E-state index is 0.215. The molecule has 2 heteroatoms. The fourth-order valence-corrected chi connectivity index (χ4v) is 1.48. The van der Waals surface area contributed by atoms with Crippen molar-refractivity contribution in [1.29, 1.82) is 0 Å². The lowest BCUT2D eigenvalue weighted by Gasteiger charge is -2.11. The molecule has 0 saturated heterocycles. The third-order valence-electron chi connectivity index (χ3n) is 2.26. The summed E-state index contributed by atoms with van der Waals surface area (Å²) in [6.07, 6.45) is 0.538. The van der Waals surface area contributed by atoms with E-state index in [9.17, 15) is 4.79 Å². The number of nitrogens with one attached hydrogen (secondary N) is 1. The Hall–Kier alpha value is -1.15. The van der Waals surface area contributed by atoms with Crippen LogP contribution < -0.4 is 5.32 Å². The zero-order valence-corrected chi connectivity index (χ0v) is 9.71. The zero-order chi connectivity index (χ0) is 11.3. The molecular formula is C13H19NO. The summed E-state index contributed by atoms with van der Waals surface area (Å²) in [5.41, 5.74) is 2.36. The average Bonchev–Trinajstić information content (AvgIpc) is 2.15. The standard InChI is InChI=1S/C13H19NO/c1-10(2)14-9-13-7-5-4-6-12(13)8-11(3)15/h4-7,10,14H,8-9H2,1-3H3. The highest BCUT2D eigenvalue weighted by Gasteiger charge is 2.04. The molecule has 0 amide bonds. The van der Waals surface area contributed by atoms with Gasteiger partial charge in [0.15, 0.2) is 0 Å². The monoisotopic (exact) mass is 205 g/mol. The van der Waals surface area contributed by atoms with E-state index in [0.717, 1.165) is 12.1 Å². The highest BCUT2D eigenvalue weighted by molar-refractivity contribution is 5.78. The molecule has 0 radical (unpaired) electrons. The van der Waals surface area contributed by atoms with Gasteiger partial charge in [-0.25, -0.2) is 0 Å². The maximum Gasteiger partial charge on any atom is 0.134 e. The van der Waals surface area contributed by atoms with E-state index in [1.165, 1.54) is 5.56 Å². The van der Waals surface area contributed by atoms with Gasteiger partial charge in [-0.15, -0.1) is 0 Å². The van der Waals surface area contributed by atoms with E-state index in [-0.39, 0.29) is 5.78 Å². The van der Waals surface area contributed by atoms with Crippen LogP contribution in [-0.4, -0.2) is 11.8 Å².